The number of aromatic nitrogens is 2. The van der Waals surface area contributed by atoms with E-state index in [9.17, 15) is 9.59 Å². The van der Waals surface area contributed by atoms with Crippen molar-refractivity contribution in [1.82, 2.24) is 20.0 Å². The van der Waals surface area contributed by atoms with Crippen LogP contribution in [0.4, 0.5) is 0 Å². The number of hydrogen-bond acceptors (Lipinski definition) is 7. The van der Waals surface area contributed by atoms with E-state index in [-0.39, 0.29) is 11.8 Å². The van der Waals surface area contributed by atoms with Gasteiger partial charge in [0.25, 0.3) is 17.7 Å². The van der Waals surface area contributed by atoms with Gasteiger partial charge < -0.3 is 8.83 Å². The molecule has 1 aromatic carbocycles. The first-order valence-electron chi connectivity index (χ1n) is 9.21. The molecule has 0 radical (unpaired) electrons. The van der Waals surface area contributed by atoms with Gasteiger partial charge in [0.1, 0.15) is 0 Å². The van der Waals surface area contributed by atoms with Crippen molar-refractivity contribution in [2.75, 3.05) is 19.6 Å². The van der Waals surface area contributed by atoms with Crippen molar-refractivity contribution in [2.45, 2.75) is 19.9 Å². The molecule has 2 aromatic heterocycles. The molecule has 0 bridgehead atoms. The Morgan fingerprint density at radius 3 is 2.39 bits per heavy atom. The van der Waals surface area contributed by atoms with Crippen molar-refractivity contribution in [3.05, 3.63) is 59.7 Å². The number of benzene rings is 1. The molecule has 3 heterocycles. The number of fused-ring (bicyclic) bond motifs is 1. The summed E-state index contributed by atoms with van der Waals surface area (Å²) < 4.78 is 10.9. The Morgan fingerprint density at radius 1 is 1.00 bits per heavy atom. The maximum Gasteiger partial charge on any atom is 0.283 e. The Bertz CT molecular complexity index is 945. The monoisotopic (exact) mass is 380 g/mol. The summed E-state index contributed by atoms with van der Waals surface area (Å²) >= 11 is 0. The standard InChI is InChI=1S/C20H20N4O4/c1-2-9-23(13-17-21-22-18(28-17)16-8-5-12-27-16)10-11-24-19(25)14-6-3-4-7-15(14)20(24)26/h3-8,12H,2,9-11,13H2,1H3. The smallest absolute Gasteiger partial charge is 0.283 e. The van der Waals surface area contributed by atoms with Crippen LogP contribution in [0.2, 0.25) is 0 Å². The van der Waals surface area contributed by atoms with Gasteiger partial charge in [-0.05, 0) is 37.2 Å². The van der Waals surface area contributed by atoms with Crippen LogP contribution in [0.1, 0.15) is 40.0 Å². The molecule has 0 saturated heterocycles. The van der Waals surface area contributed by atoms with Crippen molar-refractivity contribution in [2.24, 2.45) is 0 Å². The predicted molar refractivity (Wildman–Crippen MR) is 99.4 cm³/mol. The van der Waals surface area contributed by atoms with Crippen LogP contribution >= 0.6 is 0 Å². The Morgan fingerprint density at radius 2 is 1.75 bits per heavy atom. The van der Waals surface area contributed by atoms with E-state index in [0.29, 0.717) is 48.3 Å². The van der Waals surface area contributed by atoms with Gasteiger partial charge in [0.15, 0.2) is 5.76 Å². The summed E-state index contributed by atoms with van der Waals surface area (Å²) in [4.78, 5) is 28.4. The summed E-state index contributed by atoms with van der Waals surface area (Å²) in [5.41, 5.74) is 0.934. The highest BCUT2D eigenvalue weighted by atomic mass is 16.4. The summed E-state index contributed by atoms with van der Waals surface area (Å²) in [5.74, 6) is 0.829. The van der Waals surface area contributed by atoms with Crippen molar-refractivity contribution in [3.8, 4) is 11.7 Å². The third-order valence-electron chi connectivity index (χ3n) is 4.62. The summed E-state index contributed by atoms with van der Waals surface area (Å²) in [6, 6.07) is 10.4. The van der Waals surface area contributed by atoms with Gasteiger partial charge in [0.05, 0.1) is 23.9 Å². The zero-order valence-corrected chi connectivity index (χ0v) is 15.5. The third kappa shape index (κ3) is 3.46. The lowest BCUT2D eigenvalue weighted by Gasteiger charge is -2.22. The van der Waals surface area contributed by atoms with E-state index in [2.05, 4.69) is 22.0 Å². The minimum absolute atomic E-state index is 0.241. The largest absolute Gasteiger partial charge is 0.459 e. The first kappa shape index (κ1) is 18.1. The first-order valence-corrected chi connectivity index (χ1v) is 9.21. The van der Waals surface area contributed by atoms with E-state index in [1.807, 2.05) is 0 Å². The molecule has 28 heavy (non-hydrogen) atoms. The van der Waals surface area contributed by atoms with Crippen molar-refractivity contribution >= 4 is 11.8 Å². The summed E-state index contributed by atoms with van der Waals surface area (Å²) in [5, 5.41) is 8.08. The molecule has 0 N–H and O–H groups in total. The highest BCUT2D eigenvalue weighted by Gasteiger charge is 2.34. The quantitative estimate of drug-likeness (QED) is 0.555. The molecule has 0 fully saturated rings. The molecule has 3 aromatic rings. The number of nitrogens with zero attached hydrogens (tertiary/aromatic N) is 4. The van der Waals surface area contributed by atoms with E-state index in [4.69, 9.17) is 8.83 Å². The van der Waals surface area contributed by atoms with Crippen molar-refractivity contribution in [1.29, 1.82) is 0 Å². The van der Waals surface area contributed by atoms with E-state index in [0.717, 1.165) is 13.0 Å². The lowest BCUT2D eigenvalue weighted by molar-refractivity contribution is 0.0633. The zero-order valence-electron chi connectivity index (χ0n) is 15.5. The first-order chi connectivity index (χ1) is 13.7. The maximum atomic E-state index is 12.5. The molecule has 4 rings (SSSR count). The second-order valence-corrected chi connectivity index (χ2v) is 6.56. The molecular formula is C20H20N4O4. The van der Waals surface area contributed by atoms with Crippen LogP contribution in [0.3, 0.4) is 0 Å². The molecule has 0 saturated carbocycles. The second kappa shape index (κ2) is 7.77. The van der Waals surface area contributed by atoms with E-state index < -0.39 is 0 Å². The minimum atomic E-state index is -0.241. The molecule has 1 aliphatic heterocycles. The van der Waals surface area contributed by atoms with Crippen LogP contribution in [0, 0.1) is 0 Å². The molecule has 144 valence electrons. The number of rotatable bonds is 8. The molecule has 8 heteroatoms. The fourth-order valence-electron chi connectivity index (χ4n) is 3.28. The van der Waals surface area contributed by atoms with Crippen LogP contribution in [-0.2, 0) is 6.54 Å². The number of carbonyl (C=O) groups is 2. The molecule has 2 amide bonds. The molecule has 0 aliphatic carbocycles. The lowest BCUT2D eigenvalue weighted by Crippen LogP contribution is -2.38. The predicted octanol–water partition coefficient (Wildman–Crippen LogP) is 2.84. The maximum absolute atomic E-state index is 12.5. The van der Waals surface area contributed by atoms with Crippen LogP contribution in [0.25, 0.3) is 11.7 Å². The highest BCUT2D eigenvalue weighted by molar-refractivity contribution is 6.21. The molecule has 1 aliphatic rings. The average molecular weight is 380 g/mol. The van der Waals surface area contributed by atoms with Gasteiger partial charge in [-0.1, -0.05) is 19.1 Å². The van der Waals surface area contributed by atoms with Gasteiger partial charge in [0, 0.05) is 13.1 Å². The van der Waals surface area contributed by atoms with Crippen molar-refractivity contribution < 1.29 is 18.4 Å². The fraction of sp³-hybridized carbons (Fsp3) is 0.300. The average Bonchev–Trinajstić information content (AvgIpc) is 3.43. The Balaban J connectivity index is 1.41. The van der Waals surface area contributed by atoms with E-state index in [1.54, 1.807) is 42.7 Å². The van der Waals surface area contributed by atoms with Crippen molar-refractivity contribution in [3.63, 3.8) is 0 Å². The number of hydrogen-bond donors (Lipinski definition) is 0. The molecule has 0 spiro atoms. The van der Waals surface area contributed by atoms with Gasteiger partial charge >= 0.3 is 0 Å². The molecule has 0 atom stereocenters. The second-order valence-electron chi connectivity index (χ2n) is 6.56. The SMILES string of the molecule is CCCN(CCN1C(=O)c2ccccc2C1=O)Cc1nnc(-c2ccco2)o1. The highest BCUT2D eigenvalue weighted by Crippen LogP contribution is 2.22. The summed E-state index contributed by atoms with van der Waals surface area (Å²) in [6.45, 7) is 4.12. The summed E-state index contributed by atoms with van der Waals surface area (Å²) in [6.07, 6.45) is 2.46. The topological polar surface area (TPSA) is 92.7 Å². The third-order valence-corrected chi connectivity index (χ3v) is 4.62. The number of carbonyl (C=O) groups excluding carboxylic acids is 2. The van der Waals surface area contributed by atoms with Gasteiger partial charge in [0.2, 0.25) is 5.89 Å². The van der Waals surface area contributed by atoms with Crippen LogP contribution in [0.5, 0.6) is 0 Å². The number of imide groups is 1. The summed E-state index contributed by atoms with van der Waals surface area (Å²) in [7, 11) is 0. The Labute approximate surface area is 161 Å². The molecule has 0 unspecified atom stereocenters. The molecule has 8 nitrogen and oxygen atoms in total. The van der Waals surface area contributed by atoms with Crippen LogP contribution in [-0.4, -0.2) is 51.4 Å². The van der Waals surface area contributed by atoms with E-state index >= 15 is 0 Å². The number of furan rings is 1. The molecular weight excluding hydrogens is 360 g/mol. The van der Waals surface area contributed by atoms with Gasteiger partial charge in [-0.2, -0.15) is 0 Å². The lowest BCUT2D eigenvalue weighted by atomic mass is 10.1. The minimum Gasteiger partial charge on any atom is -0.459 e. The van der Waals surface area contributed by atoms with Crippen LogP contribution in [0.15, 0.2) is 51.5 Å². The van der Waals surface area contributed by atoms with Gasteiger partial charge in [-0.15, -0.1) is 10.2 Å². The fourth-order valence-corrected chi connectivity index (χ4v) is 3.28. The Kier molecular flexibility index (Phi) is 5.03. The van der Waals surface area contributed by atoms with Gasteiger partial charge in [-0.25, -0.2) is 0 Å². The zero-order chi connectivity index (χ0) is 19.5. The van der Waals surface area contributed by atoms with E-state index in [1.165, 1.54) is 4.90 Å². The van der Waals surface area contributed by atoms with Crippen LogP contribution < -0.4 is 0 Å². The normalized spacial score (nSPS) is 13.6. The number of amides is 2. The van der Waals surface area contributed by atoms with Gasteiger partial charge in [-0.3, -0.25) is 19.4 Å². The Hall–Kier alpha value is -3.26.